The quantitative estimate of drug-likeness (QED) is 0.273. The van der Waals surface area contributed by atoms with Gasteiger partial charge in [0.1, 0.15) is 17.7 Å². The third kappa shape index (κ3) is 8.89. The maximum atomic E-state index is 14.5. The number of nitrogens with zero attached hydrogens (tertiary/aromatic N) is 3. The molecular weight excluding hydrogens is 572 g/mol. The Morgan fingerprint density at radius 3 is 2.09 bits per heavy atom. The molecule has 0 fully saturated rings. The number of benzene rings is 1. The first-order chi connectivity index (χ1) is 20.5. The fourth-order valence-corrected chi connectivity index (χ4v) is 5.49. The Morgan fingerprint density at radius 1 is 0.978 bits per heavy atom. The van der Waals surface area contributed by atoms with E-state index in [1.54, 1.807) is 61.7 Å². The van der Waals surface area contributed by atoms with Crippen LogP contribution in [0.25, 0.3) is 10.9 Å². The topological polar surface area (TPSA) is 110 Å². The molecule has 0 radical (unpaired) electrons. The van der Waals surface area contributed by atoms with Crippen molar-refractivity contribution in [2.45, 2.75) is 105 Å². The van der Waals surface area contributed by atoms with Gasteiger partial charge < -0.3 is 24.3 Å². The van der Waals surface area contributed by atoms with E-state index >= 15 is 0 Å². The third-order valence-corrected chi connectivity index (χ3v) is 8.04. The summed E-state index contributed by atoms with van der Waals surface area (Å²) in [4.78, 5) is 57.0. The Hall–Kier alpha value is -3.82. The van der Waals surface area contributed by atoms with E-state index in [2.05, 4.69) is 5.32 Å². The van der Waals surface area contributed by atoms with Crippen LogP contribution in [-0.2, 0) is 36.3 Å². The Kier molecular flexibility index (Phi) is 11.7. The number of carbonyl (C=O) groups excluding carboxylic acids is 4. The zero-order chi connectivity index (χ0) is 34.7. The zero-order valence-corrected chi connectivity index (χ0v) is 29.7. The molecular formula is C35H54N4O6. The molecule has 0 aliphatic rings. The van der Waals surface area contributed by atoms with Crippen molar-refractivity contribution in [1.29, 1.82) is 0 Å². The van der Waals surface area contributed by atoms with E-state index in [-0.39, 0.29) is 12.5 Å². The maximum Gasteiger partial charge on any atom is 0.410 e. The third-order valence-electron chi connectivity index (χ3n) is 8.04. The van der Waals surface area contributed by atoms with E-state index in [0.29, 0.717) is 5.57 Å². The molecule has 0 saturated carbocycles. The molecule has 2 rings (SSSR count). The average molecular weight is 627 g/mol. The molecule has 0 aliphatic carbocycles. The predicted molar refractivity (Wildman–Crippen MR) is 178 cm³/mol. The first kappa shape index (κ1) is 37.4. The van der Waals surface area contributed by atoms with Crippen molar-refractivity contribution < 1.29 is 28.7 Å². The Bertz CT molecular complexity index is 1430. The van der Waals surface area contributed by atoms with Gasteiger partial charge in [0.2, 0.25) is 11.8 Å². The van der Waals surface area contributed by atoms with Crippen LogP contribution in [0.1, 0.15) is 81.7 Å². The number of aromatic nitrogens is 1. The summed E-state index contributed by atoms with van der Waals surface area (Å²) in [6.45, 7) is 20.2. The molecule has 250 valence electrons. The number of rotatable bonds is 10. The highest BCUT2D eigenvalue weighted by Gasteiger charge is 2.46. The van der Waals surface area contributed by atoms with Gasteiger partial charge in [0, 0.05) is 55.3 Å². The lowest BCUT2D eigenvalue weighted by atomic mass is 9.76. The lowest BCUT2D eigenvalue weighted by Gasteiger charge is -2.42. The van der Waals surface area contributed by atoms with E-state index < -0.39 is 52.5 Å². The highest BCUT2D eigenvalue weighted by molar-refractivity contribution is 5.94. The van der Waals surface area contributed by atoms with Crippen molar-refractivity contribution in [2.24, 2.45) is 12.5 Å². The van der Waals surface area contributed by atoms with Gasteiger partial charge in [0.25, 0.3) is 0 Å². The molecule has 0 aliphatic heterocycles. The molecule has 3 atom stereocenters. The summed E-state index contributed by atoms with van der Waals surface area (Å²) < 4.78 is 12.8. The summed E-state index contributed by atoms with van der Waals surface area (Å²) in [5.74, 6) is -1.28. The molecule has 10 heteroatoms. The second-order valence-electron chi connectivity index (χ2n) is 14.5. The van der Waals surface area contributed by atoms with Crippen LogP contribution >= 0.6 is 0 Å². The fourth-order valence-electron chi connectivity index (χ4n) is 5.49. The predicted octanol–water partition coefficient (Wildman–Crippen LogP) is 5.58. The molecule has 1 aromatic heterocycles. The largest absolute Gasteiger partial charge is 0.463 e. The lowest BCUT2D eigenvalue weighted by molar-refractivity contribution is -0.141. The smallest absolute Gasteiger partial charge is 0.410 e. The van der Waals surface area contributed by atoms with Gasteiger partial charge in [0.05, 0.1) is 6.61 Å². The van der Waals surface area contributed by atoms with Gasteiger partial charge in [-0.2, -0.15) is 0 Å². The second kappa shape index (κ2) is 14.1. The number of hydrogen-bond donors (Lipinski definition) is 1. The average Bonchev–Trinajstić information content (AvgIpc) is 3.26. The highest BCUT2D eigenvalue weighted by Crippen LogP contribution is 2.37. The van der Waals surface area contributed by atoms with Gasteiger partial charge >= 0.3 is 12.1 Å². The number of esters is 1. The molecule has 1 N–H and O–H groups in total. The van der Waals surface area contributed by atoms with Crippen LogP contribution in [0.5, 0.6) is 0 Å². The number of amides is 3. The van der Waals surface area contributed by atoms with Crippen LogP contribution in [0.15, 0.2) is 42.1 Å². The van der Waals surface area contributed by atoms with Crippen LogP contribution in [0, 0.1) is 5.41 Å². The van der Waals surface area contributed by atoms with Crippen molar-refractivity contribution in [2.75, 3.05) is 20.7 Å². The van der Waals surface area contributed by atoms with Crippen LogP contribution < -0.4 is 5.32 Å². The monoisotopic (exact) mass is 626 g/mol. The van der Waals surface area contributed by atoms with Crippen LogP contribution in [0.2, 0.25) is 0 Å². The van der Waals surface area contributed by atoms with Crippen LogP contribution in [0.4, 0.5) is 4.79 Å². The van der Waals surface area contributed by atoms with Crippen molar-refractivity contribution in [3.63, 3.8) is 0 Å². The minimum atomic E-state index is -1.05. The number of fused-ring (bicyclic) bond motifs is 1. The zero-order valence-electron chi connectivity index (χ0n) is 29.7. The van der Waals surface area contributed by atoms with E-state index in [9.17, 15) is 19.2 Å². The van der Waals surface area contributed by atoms with E-state index in [4.69, 9.17) is 9.47 Å². The van der Waals surface area contributed by atoms with Crippen molar-refractivity contribution >= 4 is 34.8 Å². The molecule has 1 heterocycles. The van der Waals surface area contributed by atoms with E-state index in [1.807, 2.05) is 76.7 Å². The lowest BCUT2D eigenvalue weighted by Crippen LogP contribution is -2.62. The minimum absolute atomic E-state index is 0.249. The number of carbonyl (C=O) groups is 4. The Balaban J connectivity index is 2.59. The first-order valence-electron chi connectivity index (χ1n) is 15.5. The molecule has 10 nitrogen and oxygen atoms in total. The van der Waals surface area contributed by atoms with Crippen molar-refractivity contribution in [1.82, 2.24) is 19.7 Å². The molecule has 0 unspecified atom stereocenters. The SMILES string of the molecule is CCOC(=O)/C(C)=C/[C@H](C)N(C)C(=O)[C@@H](NC(=O)[C@@H](N(C)C(=O)OC(C)(C)C)C(C)(C)c1cn(C)c2ccccc12)C(C)(C)C. The van der Waals surface area contributed by atoms with Crippen molar-refractivity contribution in [3.8, 4) is 0 Å². The maximum absolute atomic E-state index is 14.5. The fraction of sp³-hybridized carbons (Fsp3) is 0.600. The summed E-state index contributed by atoms with van der Waals surface area (Å²) in [6, 6.07) is 5.44. The van der Waals surface area contributed by atoms with Crippen LogP contribution in [-0.4, -0.2) is 82.7 Å². The Labute approximate surface area is 269 Å². The number of likely N-dealkylation sites (N-methyl/N-ethyl adjacent to an activating group) is 2. The van der Waals surface area contributed by atoms with Crippen molar-refractivity contribution in [3.05, 3.63) is 47.7 Å². The second-order valence-corrected chi connectivity index (χ2v) is 14.5. The minimum Gasteiger partial charge on any atom is -0.463 e. The van der Waals surface area contributed by atoms with Gasteiger partial charge in [-0.3, -0.25) is 14.5 Å². The molecule has 1 aromatic carbocycles. The van der Waals surface area contributed by atoms with Gasteiger partial charge in [0.15, 0.2) is 0 Å². The van der Waals surface area contributed by atoms with Crippen LogP contribution in [0.3, 0.4) is 0 Å². The molecule has 2 aromatic rings. The number of aryl methyl sites for hydroxylation is 1. The molecule has 0 saturated heterocycles. The molecule has 0 spiro atoms. The number of ether oxygens (including phenoxy) is 2. The van der Waals surface area contributed by atoms with E-state index in [0.717, 1.165) is 16.5 Å². The molecule has 3 amide bonds. The molecule has 0 bridgehead atoms. The summed E-state index contributed by atoms with van der Waals surface area (Å²) in [5, 5.41) is 3.98. The Morgan fingerprint density at radius 2 is 1.56 bits per heavy atom. The number of hydrogen-bond acceptors (Lipinski definition) is 6. The summed E-state index contributed by atoms with van der Waals surface area (Å²) in [7, 11) is 5.13. The van der Waals surface area contributed by atoms with Gasteiger partial charge in [-0.1, -0.05) is 58.9 Å². The number of para-hydroxylation sites is 1. The van der Waals surface area contributed by atoms with Gasteiger partial charge in [-0.05, 0) is 58.6 Å². The van der Waals surface area contributed by atoms with Gasteiger partial charge in [-0.15, -0.1) is 0 Å². The number of nitrogens with one attached hydrogen (secondary N) is 1. The molecule has 45 heavy (non-hydrogen) atoms. The first-order valence-corrected chi connectivity index (χ1v) is 15.5. The standard InChI is InChI=1S/C35H54N4O6/c1-15-44-31(42)22(2)20-23(3)38(13)30(41)27(33(4,5)6)36-29(40)28(39(14)32(43)45-34(7,8)9)35(10,11)25-21-37(12)26-19-17-16-18-24(25)26/h16-21,23,27-28H,15H2,1-14H3,(H,36,40)/b22-20+/t23-,27+,28+/m0/s1. The van der Waals surface area contributed by atoms with Gasteiger partial charge in [-0.25, -0.2) is 9.59 Å². The van der Waals surface area contributed by atoms with E-state index in [1.165, 1.54) is 9.80 Å². The highest BCUT2D eigenvalue weighted by atomic mass is 16.6. The summed E-state index contributed by atoms with van der Waals surface area (Å²) in [5.41, 5.74) is -0.144. The summed E-state index contributed by atoms with van der Waals surface area (Å²) >= 11 is 0. The summed E-state index contributed by atoms with van der Waals surface area (Å²) in [6.07, 6.45) is 2.99. The normalized spacial score (nSPS) is 14.8.